The van der Waals surface area contributed by atoms with E-state index >= 15 is 0 Å². The highest BCUT2D eigenvalue weighted by molar-refractivity contribution is 5.35. The van der Waals surface area contributed by atoms with Crippen LogP contribution in [-0.2, 0) is 0 Å². The summed E-state index contributed by atoms with van der Waals surface area (Å²) < 4.78 is 0. The Kier molecular flexibility index (Phi) is 2.04. The minimum atomic E-state index is -0.105. The van der Waals surface area contributed by atoms with Gasteiger partial charge in [-0.15, -0.1) is 0 Å². The van der Waals surface area contributed by atoms with Crippen LogP contribution in [0.2, 0.25) is 0 Å². The Morgan fingerprint density at radius 3 is 3.23 bits per heavy atom. The van der Waals surface area contributed by atoms with Crippen LogP contribution in [0, 0.1) is 5.92 Å². The fraction of sp³-hybridized carbons (Fsp3) is 0.556. The highest BCUT2D eigenvalue weighted by Crippen LogP contribution is 2.35. The number of rotatable bonds is 3. The third-order valence-electron chi connectivity index (χ3n) is 2.46. The van der Waals surface area contributed by atoms with Gasteiger partial charge in [-0.25, -0.2) is 4.98 Å². The second-order valence-electron chi connectivity index (χ2n) is 3.45. The van der Waals surface area contributed by atoms with E-state index in [1.807, 2.05) is 0 Å². The first-order chi connectivity index (χ1) is 6.29. The van der Waals surface area contributed by atoms with E-state index in [-0.39, 0.29) is 5.56 Å². The van der Waals surface area contributed by atoms with Crippen LogP contribution in [0.3, 0.4) is 0 Å². The molecular weight excluding hydrogens is 166 g/mol. The molecule has 1 aromatic heterocycles. The third-order valence-corrected chi connectivity index (χ3v) is 2.46. The first kappa shape index (κ1) is 8.29. The fourth-order valence-corrected chi connectivity index (χ4v) is 1.51. The van der Waals surface area contributed by atoms with E-state index in [4.69, 9.17) is 0 Å². The molecule has 2 rings (SSSR count). The molecule has 2 N–H and O–H groups in total. The van der Waals surface area contributed by atoms with Crippen LogP contribution in [0.25, 0.3) is 0 Å². The van der Waals surface area contributed by atoms with Gasteiger partial charge in [0.25, 0.3) is 5.56 Å². The molecule has 2 unspecified atom stereocenters. The van der Waals surface area contributed by atoms with Gasteiger partial charge in [-0.05, 0) is 12.3 Å². The number of aromatic nitrogens is 2. The molecule has 1 aliphatic rings. The van der Waals surface area contributed by atoms with Crippen molar-refractivity contribution in [2.75, 3.05) is 5.32 Å². The quantitative estimate of drug-likeness (QED) is 0.727. The predicted octanol–water partition coefficient (Wildman–Crippen LogP) is 0.980. The van der Waals surface area contributed by atoms with Gasteiger partial charge in [-0.2, -0.15) is 0 Å². The van der Waals surface area contributed by atoms with Crippen molar-refractivity contribution < 1.29 is 0 Å². The Hall–Kier alpha value is -1.32. The van der Waals surface area contributed by atoms with E-state index in [0.29, 0.717) is 11.9 Å². The Morgan fingerprint density at radius 1 is 1.77 bits per heavy atom. The van der Waals surface area contributed by atoms with Gasteiger partial charge in [0.2, 0.25) is 0 Å². The van der Waals surface area contributed by atoms with E-state index in [1.54, 1.807) is 0 Å². The van der Waals surface area contributed by atoms with E-state index in [0.717, 1.165) is 5.92 Å². The first-order valence-electron chi connectivity index (χ1n) is 4.61. The zero-order chi connectivity index (χ0) is 9.26. The number of H-pyrrole nitrogens is 1. The SMILES string of the molecule is CCC1CC1Nc1cc(=O)[nH]cn1. The molecule has 1 aromatic rings. The van der Waals surface area contributed by atoms with E-state index < -0.39 is 0 Å². The monoisotopic (exact) mass is 179 g/mol. The molecule has 1 saturated carbocycles. The Bertz CT molecular complexity index is 347. The van der Waals surface area contributed by atoms with Crippen molar-refractivity contribution in [1.82, 2.24) is 9.97 Å². The van der Waals surface area contributed by atoms with Crippen LogP contribution in [0.1, 0.15) is 19.8 Å². The molecule has 0 spiro atoms. The van der Waals surface area contributed by atoms with Crippen molar-refractivity contribution in [3.63, 3.8) is 0 Å². The normalized spacial score (nSPS) is 25.6. The lowest BCUT2D eigenvalue weighted by Gasteiger charge is -2.01. The van der Waals surface area contributed by atoms with Gasteiger partial charge in [-0.3, -0.25) is 4.79 Å². The Morgan fingerprint density at radius 2 is 2.62 bits per heavy atom. The summed E-state index contributed by atoms with van der Waals surface area (Å²) in [5, 5.41) is 3.23. The maximum Gasteiger partial charge on any atom is 0.252 e. The van der Waals surface area contributed by atoms with Gasteiger partial charge in [0.1, 0.15) is 5.82 Å². The maximum atomic E-state index is 10.9. The van der Waals surface area contributed by atoms with Gasteiger partial charge in [0.15, 0.2) is 0 Å². The van der Waals surface area contributed by atoms with Crippen molar-refractivity contribution in [1.29, 1.82) is 0 Å². The minimum Gasteiger partial charge on any atom is -0.367 e. The standard InChI is InChI=1S/C9H13N3O/c1-2-6-3-7(6)12-8-4-9(13)11-5-10-8/h4-7H,2-3H2,1H3,(H2,10,11,12,13). The third kappa shape index (κ3) is 1.88. The zero-order valence-corrected chi connectivity index (χ0v) is 7.58. The van der Waals surface area contributed by atoms with Crippen LogP contribution in [0.4, 0.5) is 5.82 Å². The summed E-state index contributed by atoms with van der Waals surface area (Å²) in [7, 11) is 0. The van der Waals surface area contributed by atoms with Crippen molar-refractivity contribution in [3.8, 4) is 0 Å². The first-order valence-corrected chi connectivity index (χ1v) is 4.61. The molecule has 0 saturated heterocycles. The minimum absolute atomic E-state index is 0.105. The molecule has 4 nitrogen and oxygen atoms in total. The number of hydrogen-bond acceptors (Lipinski definition) is 3. The molecular formula is C9H13N3O. The molecule has 13 heavy (non-hydrogen) atoms. The number of nitrogens with zero attached hydrogens (tertiary/aromatic N) is 1. The molecule has 1 aliphatic carbocycles. The molecule has 70 valence electrons. The molecule has 2 atom stereocenters. The van der Waals surface area contributed by atoms with Crippen LogP contribution in [0.5, 0.6) is 0 Å². The molecule has 0 radical (unpaired) electrons. The maximum absolute atomic E-state index is 10.9. The van der Waals surface area contributed by atoms with Crippen LogP contribution >= 0.6 is 0 Å². The van der Waals surface area contributed by atoms with Crippen molar-refractivity contribution >= 4 is 5.82 Å². The molecule has 1 heterocycles. The van der Waals surface area contributed by atoms with Gasteiger partial charge in [0.05, 0.1) is 6.33 Å². The van der Waals surface area contributed by atoms with Crippen LogP contribution in [0.15, 0.2) is 17.2 Å². The van der Waals surface area contributed by atoms with E-state index in [1.165, 1.54) is 25.2 Å². The van der Waals surface area contributed by atoms with E-state index in [2.05, 4.69) is 22.2 Å². The van der Waals surface area contributed by atoms with Crippen molar-refractivity contribution in [3.05, 3.63) is 22.7 Å². The lowest BCUT2D eigenvalue weighted by molar-refractivity contribution is 0.773. The molecule has 0 aromatic carbocycles. The van der Waals surface area contributed by atoms with Crippen LogP contribution in [-0.4, -0.2) is 16.0 Å². The summed E-state index contributed by atoms with van der Waals surface area (Å²) >= 11 is 0. The largest absolute Gasteiger partial charge is 0.367 e. The molecule has 4 heteroatoms. The topological polar surface area (TPSA) is 57.8 Å². The van der Waals surface area contributed by atoms with Gasteiger partial charge in [-0.1, -0.05) is 13.3 Å². The summed E-state index contributed by atoms with van der Waals surface area (Å²) in [5.74, 6) is 1.45. The van der Waals surface area contributed by atoms with Gasteiger partial charge >= 0.3 is 0 Å². The lowest BCUT2D eigenvalue weighted by Crippen LogP contribution is -2.11. The Labute approximate surface area is 76.4 Å². The van der Waals surface area contributed by atoms with E-state index in [9.17, 15) is 4.79 Å². The number of aromatic amines is 1. The lowest BCUT2D eigenvalue weighted by atomic mass is 10.3. The number of anilines is 1. The second-order valence-corrected chi connectivity index (χ2v) is 3.45. The Balaban J connectivity index is 1.99. The average molecular weight is 179 g/mol. The average Bonchev–Trinajstić information content (AvgIpc) is 2.83. The molecule has 0 amide bonds. The number of nitrogens with one attached hydrogen (secondary N) is 2. The second kappa shape index (κ2) is 3.20. The highest BCUT2D eigenvalue weighted by Gasteiger charge is 2.35. The zero-order valence-electron chi connectivity index (χ0n) is 7.58. The van der Waals surface area contributed by atoms with Crippen molar-refractivity contribution in [2.45, 2.75) is 25.8 Å². The smallest absolute Gasteiger partial charge is 0.252 e. The summed E-state index contributed by atoms with van der Waals surface area (Å²) in [6.45, 7) is 2.18. The summed E-state index contributed by atoms with van der Waals surface area (Å²) in [6.07, 6.45) is 3.82. The molecule has 0 aliphatic heterocycles. The summed E-state index contributed by atoms with van der Waals surface area (Å²) in [4.78, 5) is 17.4. The summed E-state index contributed by atoms with van der Waals surface area (Å²) in [5.41, 5.74) is -0.105. The highest BCUT2D eigenvalue weighted by atomic mass is 16.1. The van der Waals surface area contributed by atoms with Crippen molar-refractivity contribution in [2.24, 2.45) is 5.92 Å². The van der Waals surface area contributed by atoms with Gasteiger partial charge in [0, 0.05) is 12.1 Å². The van der Waals surface area contributed by atoms with Gasteiger partial charge < -0.3 is 10.3 Å². The molecule has 0 bridgehead atoms. The molecule has 1 fully saturated rings. The fourth-order valence-electron chi connectivity index (χ4n) is 1.51. The summed E-state index contributed by atoms with van der Waals surface area (Å²) in [6, 6.07) is 2.02. The predicted molar refractivity (Wildman–Crippen MR) is 50.7 cm³/mol. The number of hydrogen-bond donors (Lipinski definition) is 2. The van der Waals surface area contributed by atoms with Crippen LogP contribution < -0.4 is 10.9 Å².